The Kier molecular flexibility index (Phi) is 2.58. The zero-order chi connectivity index (χ0) is 13.8. The second-order valence-electron chi connectivity index (χ2n) is 6.42. The maximum Gasteiger partial charge on any atom is 0.0833 e. The van der Waals surface area contributed by atoms with E-state index in [1.807, 2.05) is 25.1 Å². The van der Waals surface area contributed by atoms with E-state index in [-0.39, 0.29) is 5.41 Å². The van der Waals surface area contributed by atoms with Gasteiger partial charge in [0.15, 0.2) is 0 Å². The summed E-state index contributed by atoms with van der Waals surface area (Å²) in [5.41, 5.74) is 11.0. The standard InChI is InChI=1S/C16H20N2O/c1-9-5-4-6-10-14(17)13-11(18-15(9)10)7-16(2,3)8-12(13)19/h4-6,12,19H,7-8H2,1-3H3,(H2,17,18). The number of aliphatic hydroxyl groups is 1. The van der Waals surface area contributed by atoms with Crippen molar-refractivity contribution in [3.05, 3.63) is 35.0 Å². The maximum atomic E-state index is 10.4. The first-order valence-electron chi connectivity index (χ1n) is 6.75. The lowest BCUT2D eigenvalue weighted by atomic mass is 9.74. The van der Waals surface area contributed by atoms with E-state index >= 15 is 0 Å². The molecule has 0 fully saturated rings. The normalized spacial score (nSPS) is 21.4. The molecule has 19 heavy (non-hydrogen) atoms. The molecule has 1 atom stereocenters. The second kappa shape index (κ2) is 3.94. The smallest absolute Gasteiger partial charge is 0.0833 e. The number of nitrogens with two attached hydrogens (primary N) is 1. The van der Waals surface area contributed by atoms with Crippen molar-refractivity contribution in [3.8, 4) is 0 Å². The van der Waals surface area contributed by atoms with Gasteiger partial charge in [-0.1, -0.05) is 32.0 Å². The van der Waals surface area contributed by atoms with Crippen molar-refractivity contribution in [2.24, 2.45) is 5.41 Å². The van der Waals surface area contributed by atoms with Crippen molar-refractivity contribution in [3.63, 3.8) is 0 Å². The minimum Gasteiger partial charge on any atom is -0.398 e. The van der Waals surface area contributed by atoms with Crippen molar-refractivity contribution >= 4 is 16.6 Å². The maximum absolute atomic E-state index is 10.4. The monoisotopic (exact) mass is 256 g/mol. The molecule has 3 nitrogen and oxygen atoms in total. The highest BCUT2D eigenvalue weighted by Crippen LogP contribution is 2.44. The van der Waals surface area contributed by atoms with Crippen LogP contribution in [0.1, 0.15) is 43.2 Å². The summed E-state index contributed by atoms with van der Waals surface area (Å²) in [5, 5.41) is 11.3. The van der Waals surface area contributed by atoms with E-state index in [9.17, 15) is 5.11 Å². The van der Waals surface area contributed by atoms with E-state index in [1.54, 1.807) is 0 Å². The molecule has 0 radical (unpaired) electrons. The quantitative estimate of drug-likeness (QED) is 0.761. The van der Waals surface area contributed by atoms with Gasteiger partial charge in [0, 0.05) is 22.3 Å². The van der Waals surface area contributed by atoms with E-state index in [4.69, 9.17) is 10.7 Å². The summed E-state index contributed by atoms with van der Waals surface area (Å²) in [6.45, 7) is 6.38. The summed E-state index contributed by atoms with van der Waals surface area (Å²) < 4.78 is 0. The summed E-state index contributed by atoms with van der Waals surface area (Å²) in [4.78, 5) is 4.78. The van der Waals surface area contributed by atoms with Gasteiger partial charge >= 0.3 is 0 Å². The number of hydrogen-bond donors (Lipinski definition) is 2. The molecule has 3 N–H and O–H groups in total. The Labute approximate surface area is 113 Å². The molecule has 100 valence electrons. The first-order valence-corrected chi connectivity index (χ1v) is 6.75. The second-order valence-corrected chi connectivity index (χ2v) is 6.42. The number of nitrogen functional groups attached to an aromatic ring is 1. The van der Waals surface area contributed by atoms with Gasteiger partial charge in [0.25, 0.3) is 0 Å². The minimum absolute atomic E-state index is 0.0716. The largest absolute Gasteiger partial charge is 0.398 e. The van der Waals surface area contributed by atoms with E-state index in [0.717, 1.165) is 40.6 Å². The summed E-state index contributed by atoms with van der Waals surface area (Å²) in [6.07, 6.45) is 1.10. The van der Waals surface area contributed by atoms with Crippen molar-refractivity contribution in [1.29, 1.82) is 0 Å². The zero-order valence-corrected chi connectivity index (χ0v) is 11.7. The number of rotatable bonds is 0. The number of hydrogen-bond acceptors (Lipinski definition) is 3. The van der Waals surface area contributed by atoms with Gasteiger partial charge in [-0.2, -0.15) is 0 Å². The van der Waals surface area contributed by atoms with Crippen LogP contribution in [0.4, 0.5) is 5.69 Å². The number of aromatic nitrogens is 1. The minimum atomic E-state index is -0.504. The molecule has 0 saturated heterocycles. The van der Waals surface area contributed by atoms with Crippen LogP contribution in [0.5, 0.6) is 0 Å². The average molecular weight is 256 g/mol. The third-order valence-corrected chi connectivity index (χ3v) is 4.10. The van der Waals surface area contributed by atoms with Gasteiger partial charge in [0.05, 0.1) is 11.6 Å². The first-order chi connectivity index (χ1) is 8.89. The molecule has 0 spiro atoms. The molecule has 1 aliphatic carbocycles. The molecule has 1 heterocycles. The van der Waals surface area contributed by atoms with Crippen LogP contribution in [-0.4, -0.2) is 10.1 Å². The molecule has 3 heteroatoms. The van der Waals surface area contributed by atoms with Crippen molar-refractivity contribution < 1.29 is 5.11 Å². The van der Waals surface area contributed by atoms with Crippen LogP contribution in [0.15, 0.2) is 18.2 Å². The van der Waals surface area contributed by atoms with Gasteiger partial charge in [-0.15, -0.1) is 0 Å². The van der Waals surface area contributed by atoms with E-state index in [0.29, 0.717) is 5.69 Å². The molecule has 1 aromatic carbocycles. The predicted octanol–water partition coefficient (Wildman–Crippen LogP) is 3.13. The van der Waals surface area contributed by atoms with Gasteiger partial charge < -0.3 is 10.8 Å². The molecule has 1 unspecified atom stereocenters. The average Bonchev–Trinajstić information content (AvgIpc) is 2.28. The number of pyridine rings is 1. The number of nitrogens with zero attached hydrogens (tertiary/aromatic N) is 1. The lowest BCUT2D eigenvalue weighted by Gasteiger charge is -2.35. The van der Waals surface area contributed by atoms with E-state index in [2.05, 4.69) is 13.8 Å². The van der Waals surface area contributed by atoms with E-state index < -0.39 is 6.10 Å². The fraction of sp³-hybridized carbons (Fsp3) is 0.438. The number of aliphatic hydroxyl groups excluding tert-OH is 1. The van der Waals surface area contributed by atoms with Gasteiger partial charge in [-0.05, 0) is 30.7 Å². The lowest BCUT2D eigenvalue weighted by molar-refractivity contribution is 0.0992. The van der Waals surface area contributed by atoms with E-state index in [1.165, 1.54) is 0 Å². The van der Waals surface area contributed by atoms with Crippen molar-refractivity contribution in [2.45, 2.75) is 39.7 Å². The molecular formula is C16H20N2O. The molecule has 0 amide bonds. The third-order valence-electron chi connectivity index (χ3n) is 4.10. The van der Waals surface area contributed by atoms with Crippen LogP contribution in [0, 0.1) is 12.3 Å². The molecule has 0 saturated carbocycles. The Morgan fingerprint density at radius 3 is 2.84 bits per heavy atom. The van der Waals surface area contributed by atoms with Crippen molar-refractivity contribution in [2.75, 3.05) is 5.73 Å². The Morgan fingerprint density at radius 2 is 2.11 bits per heavy atom. The summed E-state index contributed by atoms with van der Waals surface area (Å²) in [7, 11) is 0. The summed E-state index contributed by atoms with van der Waals surface area (Å²) in [5.74, 6) is 0. The molecule has 0 bridgehead atoms. The van der Waals surface area contributed by atoms with Gasteiger partial charge in [-0.3, -0.25) is 4.98 Å². The van der Waals surface area contributed by atoms with Crippen molar-refractivity contribution in [1.82, 2.24) is 4.98 Å². The number of anilines is 1. The highest BCUT2D eigenvalue weighted by atomic mass is 16.3. The highest BCUT2D eigenvalue weighted by Gasteiger charge is 2.34. The number of fused-ring (bicyclic) bond motifs is 2. The number of aryl methyl sites for hydroxylation is 1. The molecule has 0 aliphatic heterocycles. The SMILES string of the molecule is Cc1cccc2c(N)c3c(nc12)CC(C)(C)CC3O. The summed E-state index contributed by atoms with van der Waals surface area (Å²) in [6, 6.07) is 6.02. The Bertz CT molecular complexity index is 661. The fourth-order valence-electron chi connectivity index (χ4n) is 3.18. The molecule has 3 rings (SSSR count). The van der Waals surface area contributed by atoms with Crippen LogP contribution in [0.3, 0.4) is 0 Å². The lowest BCUT2D eigenvalue weighted by Crippen LogP contribution is -2.27. The molecule has 1 aliphatic rings. The van der Waals surface area contributed by atoms with Crippen LogP contribution in [0.2, 0.25) is 0 Å². The number of para-hydroxylation sites is 1. The van der Waals surface area contributed by atoms with Crippen LogP contribution >= 0.6 is 0 Å². The number of benzene rings is 1. The molecule has 2 aromatic rings. The van der Waals surface area contributed by atoms with Gasteiger partial charge in [0.2, 0.25) is 0 Å². The van der Waals surface area contributed by atoms with Gasteiger partial charge in [0.1, 0.15) is 0 Å². The first kappa shape index (κ1) is 12.4. The zero-order valence-electron chi connectivity index (χ0n) is 11.7. The third kappa shape index (κ3) is 1.89. The predicted molar refractivity (Wildman–Crippen MR) is 78.0 cm³/mol. The van der Waals surface area contributed by atoms with Crippen LogP contribution in [-0.2, 0) is 6.42 Å². The Balaban J connectivity index is 2.34. The molecular weight excluding hydrogens is 236 g/mol. The highest BCUT2D eigenvalue weighted by molar-refractivity contribution is 5.94. The van der Waals surface area contributed by atoms with Gasteiger partial charge in [-0.25, -0.2) is 0 Å². The topological polar surface area (TPSA) is 59.1 Å². The summed E-state index contributed by atoms with van der Waals surface area (Å²) >= 11 is 0. The molecule has 1 aromatic heterocycles. The Morgan fingerprint density at radius 1 is 1.37 bits per heavy atom. The van der Waals surface area contributed by atoms with Crippen LogP contribution in [0.25, 0.3) is 10.9 Å². The van der Waals surface area contributed by atoms with Crippen LogP contribution < -0.4 is 5.73 Å². The fourth-order valence-corrected chi connectivity index (χ4v) is 3.18. The Hall–Kier alpha value is -1.61.